The predicted octanol–water partition coefficient (Wildman–Crippen LogP) is 1.63. The molecule has 0 aromatic rings. The molecule has 1 aliphatic heterocycles. The van der Waals surface area contributed by atoms with E-state index in [-0.39, 0.29) is 11.3 Å². The molecule has 0 bridgehead atoms. The first kappa shape index (κ1) is 11.9. The molecule has 2 fully saturated rings. The van der Waals surface area contributed by atoms with E-state index >= 15 is 0 Å². The summed E-state index contributed by atoms with van der Waals surface area (Å²) in [5.74, 6) is 0.657. The van der Waals surface area contributed by atoms with Crippen molar-refractivity contribution in [3.05, 3.63) is 0 Å². The molecule has 1 aliphatic carbocycles. The van der Waals surface area contributed by atoms with Crippen molar-refractivity contribution in [2.24, 2.45) is 11.3 Å². The third-order valence-corrected chi connectivity index (χ3v) is 4.34. The van der Waals surface area contributed by atoms with Crippen LogP contribution in [-0.4, -0.2) is 36.5 Å². The van der Waals surface area contributed by atoms with Gasteiger partial charge in [-0.15, -0.1) is 0 Å². The van der Waals surface area contributed by atoms with E-state index in [1.807, 2.05) is 0 Å². The third kappa shape index (κ3) is 2.10. The molecule has 0 radical (unpaired) electrons. The molecule has 1 saturated carbocycles. The van der Waals surface area contributed by atoms with Crippen LogP contribution in [0, 0.1) is 11.3 Å². The summed E-state index contributed by atoms with van der Waals surface area (Å²) < 4.78 is 0. The minimum absolute atomic E-state index is 0.210. The van der Waals surface area contributed by atoms with Crippen LogP contribution >= 0.6 is 0 Å². The third-order valence-electron chi connectivity index (χ3n) is 4.34. The first-order valence-corrected chi connectivity index (χ1v) is 6.53. The summed E-state index contributed by atoms with van der Waals surface area (Å²) in [5.41, 5.74) is 0.210. The molecule has 2 rings (SSSR count). The van der Waals surface area contributed by atoms with Gasteiger partial charge in [0.15, 0.2) is 0 Å². The average Bonchev–Trinajstić information content (AvgIpc) is 2.58. The smallest absolute Gasteiger partial charge is 0.226 e. The minimum Gasteiger partial charge on any atom is -0.337 e. The molecule has 1 saturated heterocycles. The van der Waals surface area contributed by atoms with E-state index in [2.05, 4.69) is 31.0 Å². The van der Waals surface area contributed by atoms with E-state index in [9.17, 15) is 4.79 Å². The van der Waals surface area contributed by atoms with E-state index in [1.54, 1.807) is 0 Å². The Morgan fingerprint density at radius 2 is 2.19 bits per heavy atom. The van der Waals surface area contributed by atoms with E-state index in [0.717, 1.165) is 26.1 Å². The molecule has 3 nitrogen and oxygen atoms in total. The van der Waals surface area contributed by atoms with Gasteiger partial charge in [-0.2, -0.15) is 0 Å². The zero-order chi connectivity index (χ0) is 11.8. The Morgan fingerprint density at radius 1 is 1.44 bits per heavy atom. The van der Waals surface area contributed by atoms with Gasteiger partial charge < -0.3 is 10.2 Å². The number of hydrogen-bond acceptors (Lipinski definition) is 2. The molecule has 1 heterocycles. The van der Waals surface area contributed by atoms with Crippen LogP contribution in [0.25, 0.3) is 0 Å². The maximum Gasteiger partial charge on any atom is 0.226 e. The van der Waals surface area contributed by atoms with E-state index in [4.69, 9.17) is 0 Å². The van der Waals surface area contributed by atoms with Gasteiger partial charge >= 0.3 is 0 Å². The maximum absolute atomic E-state index is 12.5. The summed E-state index contributed by atoms with van der Waals surface area (Å²) in [6.45, 7) is 9.41. The highest BCUT2D eigenvalue weighted by molar-refractivity contribution is 5.80. The Bertz CT molecular complexity index is 275. The second-order valence-electron chi connectivity index (χ2n) is 6.02. The van der Waals surface area contributed by atoms with Crippen molar-refractivity contribution in [2.45, 2.75) is 46.1 Å². The average molecular weight is 224 g/mol. The molecule has 0 aromatic carbocycles. The van der Waals surface area contributed by atoms with Crippen molar-refractivity contribution in [3.8, 4) is 0 Å². The second-order valence-corrected chi connectivity index (χ2v) is 6.02. The highest BCUT2D eigenvalue weighted by Crippen LogP contribution is 2.43. The van der Waals surface area contributed by atoms with Crippen LogP contribution in [0.3, 0.4) is 0 Å². The van der Waals surface area contributed by atoms with Gasteiger partial charge in [0.25, 0.3) is 0 Å². The fourth-order valence-electron chi connectivity index (χ4n) is 3.15. The molecule has 2 aliphatic rings. The highest BCUT2D eigenvalue weighted by Gasteiger charge is 2.42. The SMILES string of the molecule is CC1CNCCN1C(=O)C1CCCC1(C)C. The van der Waals surface area contributed by atoms with Crippen molar-refractivity contribution in [2.75, 3.05) is 19.6 Å². The molecule has 16 heavy (non-hydrogen) atoms. The monoisotopic (exact) mass is 224 g/mol. The molecule has 0 aromatic heterocycles. The number of hydrogen-bond donors (Lipinski definition) is 1. The molecular weight excluding hydrogens is 200 g/mol. The van der Waals surface area contributed by atoms with E-state index in [0.29, 0.717) is 11.9 Å². The van der Waals surface area contributed by atoms with Gasteiger partial charge in [-0.05, 0) is 25.2 Å². The number of nitrogens with zero attached hydrogens (tertiary/aromatic N) is 1. The molecule has 3 heteroatoms. The van der Waals surface area contributed by atoms with Crippen molar-refractivity contribution in [1.82, 2.24) is 10.2 Å². The molecular formula is C13H24N2O. The number of carbonyl (C=O) groups is 1. The number of nitrogens with one attached hydrogen (secondary N) is 1. The van der Waals surface area contributed by atoms with Gasteiger partial charge in [-0.3, -0.25) is 4.79 Å². The second kappa shape index (κ2) is 4.36. The predicted molar refractivity (Wildman–Crippen MR) is 65.2 cm³/mol. The Morgan fingerprint density at radius 3 is 2.75 bits per heavy atom. The Balaban J connectivity index is 2.06. The summed E-state index contributed by atoms with van der Waals surface area (Å²) in [6.07, 6.45) is 3.50. The van der Waals surface area contributed by atoms with Gasteiger partial charge in [0, 0.05) is 31.6 Å². The number of amides is 1. The zero-order valence-electron chi connectivity index (χ0n) is 10.8. The number of rotatable bonds is 1. The van der Waals surface area contributed by atoms with Crippen LogP contribution in [0.5, 0.6) is 0 Å². The number of carbonyl (C=O) groups excluding carboxylic acids is 1. The van der Waals surface area contributed by atoms with Crippen molar-refractivity contribution >= 4 is 5.91 Å². The number of piperazine rings is 1. The summed E-state index contributed by atoms with van der Waals surface area (Å²) in [4.78, 5) is 14.6. The summed E-state index contributed by atoms with van der Waals surface area (Å²) in [6, 6.07) is 0.359. The van der Waals surface area contributed by atoms with Crippen molar-refractivity contribution in [3.63, 3.8) is 0 Å². The molecule has 0 spiro atoms. The van der Waals surface area contributed by atoms with Crippen LogP contribution in [-0.2, 0) is 4.79 Å². The van der Waals surface area contributed by atoms with Gasteiger partial charge in [-0.25, -0.2) is 0 Å². The van der Waals surface area contributed by atoms with Crippen LogP contribution in [0.15, 0.2) is 0 Å². The molecule has 92 valence electrons. The van der Waals surface area contributed by atoms with Crippen LogP contribution in [0.2, 0.25) is 0 Å². The zero-order valence-corrected chi connectivity index (χ0v) is 10.8. The first-order valence-electron chi connectivity index (χ1n) is 6.53. The molecule has 2 unspecified atom stereocenters. The van der Waals surface area contributed by atoms with Gasteiger partial charge in [0.2, 0.25) is 5.91 Å². The Hall–Kier alpha value is -0.570. The quantitative estimate of drug-likeness (QED) is 0.734. The Labute approximate surface area is 98.6 Å². The van der Waals surface area contributed by atoms with Crippen LogP contribution in [0.1, 0.15) is 40.0 Å². The fourth-order valence-corrected chi connectivity index (χ4v) is 3.15. The lowest BCUT2D eigenvalue weighted by Crippen LogP contribution is -2.54. The Kier molecular flexibility index (Phi) is 3.24. The minimum atomic E-state index is 0.210. The van der Waals surface area contributed by atoms with Crippen LogP contribution < -0.4 is 5.32 Å². The standard InChI is InChI=1S/C13H24N2O/c1-10-9-14-7-8-15(10)12(16)11-5-4-6-13(11,2)3/h10-11,14H,4-9H2,1-3H3. The van der Waals surface area contributed by atoms with Gasteiger partial charge in [0.1, 0.15) is 0 Å². The molecule has 1 amide bonds. The van der Waals surface area contributed by atoms with E-state index < -0.39 is 0 Å². The highest BCUT2D eigenvalue weighted by atomic mass is 16.2. The maximum atomic E-state index is 12.5. The lowest BCUT2D eigenvalue weighted by Gasteiger charge is -2.38. The lowest BCUT2D eigenvalue weighted by molar-refractivity contribution is -0.141. The summed E-state index contributed by atoms with van der Waals surface area (Å²) in [7, 11) is 0. The fraction of sp³-hybridized carbons (Fsp3) is 0.923. The van der Waals surface area contributed by atoms with Gasteiger partial charge in [-0.1, -0.05) is 20.3 Å². The molecule has 2 atom stereocenters. The molecule has 1 N–H and O–H groups in total. The van der Waals surface area contributed by atoms with Crippen molar-refractivity contribution < 1.29 is 4.79 Å². The summed E-state index contributed by atoms with van der Waals surface area (Å²) >= 11 is 0. The normalized spacial score (nSPS) is 34.1. The van der Waals surface area contributed by atoms with E-state index in [1.165, 1.54) is 12.8 Å². The largest absolute Gasteiger partial charge is 0.337 e. The lowest BCUT2D eigenvalue weighted by atomic mass is 9.81. The topological polar surface area (TPSA) is 32.3 Å². The first-order chi connectivity index (χ1) is 7.52. The van der Waals surface area contributed by atoms with Gasteiger partial charge in [0.05, 0.1) is 0 Å². The van der Waals surface area contributed by atoms with Crippen molar-refractivity contribution in [1.29, 1.82) is 0 Å². The summed E-state index contributed by atoms with van der Waals surface area (Å²) in [5, 5.41) is 3.34. The van der Waals surface area contributed by atoms with Crippen LogP contribution in [0.4, 0.5) is 0 Å².